The fourth-order valence-corrected chi connectivity index (χ4v) is 1.67. The van der Waals surface area contributed by atoms with E-state index < -0.39 is 11.7 Å². The number of allylic oxidation sites excluding steroid dienone is 1. The van der Waals surface area contributed by atoms with Crippen LogP contribution in [-0.4, -0.2) is 12.4 Å². The first-order chi connectivity index (χ1) is 7.96. The summed E-state index contributed by atoms with van der Waals surface area (Å²) in [5, 5.41) is 3.48. The molecule has 3 N–H and O–H groups in total. The van der Waals surface area contributed by atoms with Crippen molar-refractivity contribution < 1.29 is 13.2 Å². The average Bonchev–Trinajstić information content (AvgIpc) is 2.28. The number of hydrogen-bond acceptors (Lipinski definition) is 3. The Bertz CT molecular complexity index is 479. The maximum absolute atomic E-state index is 13.2. The summed E-state index contributed by atoms with van der Waals surface area (Å²) in [5.74, 6) is 0. The molecule has 1 unspecified atom stereocenters. The van der Waals surface area contributed by atoms with E-state index in [-0.39, 0.29) is 11.3 Å². The zero-order valence-corrected chi connectivity index (χ0v) is 8.70. The summed E-state index contributed by atoms with van der Waals surface area (Å²) in [4.78, 5) is 0. The molecule has 6 heteroatoms. The van der Waals surface area contributed by atoms with Gasteiger partial charge in [-0.15, -0.1) is 0 Å². The molecule has 0 saturated heterocycles. The highest BCUT2D eigenvalue weighted by Gasteiger charge is 2.55. The summed E-state index contributed by atoms with van der Waals surface area (Å²) in [6.07, 6.45) is -0.965. The second kappa shape index (κ2) is 3.80. The van der Waals surface area contributed by atoms with E-state index in [4.69, 9.17) is 5.73 Å². The quantitative estimate of drug-likeness (QED) is 0.740. The summed E-state index contributed by atoms with van der Waals surface area (Å²) in [5.41, 5.74) is 5.61. The van der Waals surface area contributed by atoms with Gasteiger partial charge in [0.15, 0.2) is 5.54 Å². The Morgan fingerprint density at radius 3 is 2.59 bits per heavy atom. The van der Waals surface area contributed by atoms with E-state index >= 15 is 0 Å². The summed E-state index contributed by atoms with van der Waals surface area (Å²) >= 11 is 0. The van der Waals surface area contributed by atoms with Crippen molar-refractivity contribution in [3.05, 3.63) is 42.0 Å². The van der Waals surface area contributed by atoms with Gasteiger partial charge < -0.3 is 5.73 Å². The lowest BCUT2D eigenvalue weighted by molar-refractivity contribution is -0.185. The molecule has 0 aliphatic carbocycles. The lowest BCUT2D eigenvalue weighted by Crippen LogP contribution is -2.51. The van der Waals surface area contributed by atoms with Gasteiger partial charge in [-0.05, 0) is 29.8 Å². The van der Waals surface area contributed by atoms with Crippen LogP contribution in [0, 0.1) is 0 Å². The molecule has 1 aromatic rings. The molecule has 1 aliphatic rings. The molecule has 2 rings (SSSR count). The van der Waals surface area contributed by atoms with Crippen LogP contribution in [-0.2, 0) is 5.54 Å². The van der Waals surface area contributed by atoms with E-state index in [1.54, 1.807) is 0 Å². The highest BCUT2D eigenvalue weighted by Crippen LogP contribution is 2.41. The molecular formula is C11H10F3N3. The Labute approximate surface area is 95.8 Å². The third-order valence-electron chi connectivity index (χ3n) is 2.54. The number of nitrogens with zero attached hydrogens (tertiary/aromatic N) is 1. The van der Waals surface area contributed by atoms with Crippen molar-refractivity contribution >= 4 is 11.9 Å². The van der Waals surface area contributed by atoms with Gasteiger partial charge in [0.2, 0.25) is 0 Å². The number of hydrazone groups is 1. The van der Waals surface area contributed by atoms with E-state index in [0.717, 1.165) is 6.08 Å². The smallest absolute Gasteiger partial charge is 0.399 e. The lowest BCUT2D eigenvalue weighted by atomic mass is 9.88. The van der Waals surface area contributed by atoms with Gasteiger partial charge in [-0.2, -0.15) is 18.3 Å². The van der Waals surface area contributed by atoms with Crippen LogP contribution < -0.4 is 11.2 Å². The maximum Gasteiger partial charge on any atom is 0.420 e. The van der Waals surface area contributed by atoms with E-state index in [1.807, 2.05) is 0 Å². The van der Waals surface area contributed by atoms with Crippen molar-refractivity contribution in [2.24, 2.45) is 5.10 Å². The number of nitrogens with one attached hydrogen (secondary N) is 1. The maximum atomic E-state index is 13.2. The van der Waals surface area contributed by atoms with Gasteiger partial charge in [0.05, 0.1) is 0 Å². The standard InChI is InChI=1S/C11H10F3N3/c12-11(13,14)10(5-2-6-16-17-10)8-3-1-4-9(15)7-8/h1-7,17H,15H2. The van der Waals surface area contributed by atoms with Crippen molar-refractivity contribution in [1.29, 1.82) is 0 Å². The number of anilines is 1. The highest BCUT2D eigenvalue weighted by atomic mass is 19.4. The predicted octanol–water partition coefficient (Wildman–Crippen LogP) is 2.17. The van der Waals surface area contributed by atoms with Crippen molar-refractivity contribution in [1.82, 2.24) is 5.43 Å². The minimum atomic E-state index is -4.50. The number of alkyl halides is 3. The molecule has 0 fully saturated rings. The van der Waals surface area contributed by atoms with Crippen LogP contribution in [0.15, 0.2) is 41.5 Å². The number of nitrogen functional groups attached to an aromatic ring is 1. The largest absolute Gasteiger partial charge is 0.420 e. The van der Waals surface area contributed by atoms with Crippen LogP contribution in [0.2, 0.25) is 0 Å². The van der Waals surface area contributed by atoms with Gasteiger partial charge in [-0.3, -0.25) is 5.43 Å². The molecule has 0 radical (unpaired) electrons. The van der Waals surface area contributed by atoms with Crippen LogP contribution in [0.5, 0.6) is 0 Å². The van der Waals surface area contributed by atoms with E-state index in [0.29, 0.717) is 0 Å². The molecule has 3 nitrogen and oxygen atoms in total. The van der Waals surface area contributed by atoms with Gasteiger partial charge in [-0.1, -0.05) is 12.1 Å². The van der Waals surface area contributed by atoms with Gasteiger partial charge in [-0.25, -0.2) is 0 Å². The first-order valence-corrected chi connectivity index (χ1v) is 4.86. The molecule has 0 amide bonds. The fraction of sp³-hybridized carbons (Fsp3) is 0.182. The topological polar surface area (TPSA) is 50.4 Å². The number of halogens is 3. The summed E-state index contributed by atoms with van der Waals surface area (Å²) < 4.78 is 39.6. The SMILES string of the molecule is Nc1cccc(C2(C(F)(F)F)C=CC=NN2)c1. The molecular weight excluding hydrogens is 231 g/mol. The zero-order valence-electron chi connectivity index (χ0n) is 8.70. The normalized spacial score (nSPS) is 23.5. The minimum Gasteiger partial charge on any atom is -0.399 e. The number of hydrogen-bond donors (Lipinski definition) is 2. The molecule has 1 atom stereocenters. The monoisotopic (exact) mass is 241 g/mol. The minimum absolute atomic E-state index is 0.0121. The van der Waals surface area contributed by atoms with E-state index in [2.05, 4.69) is 10.5 Å². The third kappa shape index (κ3) is 1.86. The van der Waals surface area contributed by atoms with Crippen molar-refractivity contribution in [2.75, 3.05) is 5.73 Å². The van der Waals surface area contributed by atoms with Gasteiger partial charge in [0.1, 0.15) is 0 Å². The molecule has 1 aliphatic heterocycles. The van der Waals surface area contributed by atoms with Crippen LogP contribution >= 0.6 is 0 Å². The molecule has 90 valence electrons. The summed E-state index contributed by atoms with van der Waals surface area (Å²) in [6, 6.07) is 5.66. The Morgan fingerprint density at radius 2 is 2.06 bits per heavy atom. The molecule has 0 spiro atoms. The Kier molecular flexibility index (Phi) is 2.57. The Balaban J connectivity index is 2.56. The second-order valence-electron chi connectivity index (χ2n) is 3.68. The Morgan fingerprint density at radius 1 is 1.29 bits per heavy atom. The van der Waals surface area contributed by atoms with Crippen molar-refractivity contribution in [2.45, 2.75) is 11.7 Å². The van der Waals surface area contributed by atoms with E-state index in [1.165, 1.54) is 36.6 Å². The Hall–Kier alpha value is -1.98. The van der Waals surface area contributed by atoms with Crippen LogP contribution in [0.1, 0.15) is 5.56 Å². The first-order valence-electron chi connectivity index (χ1n) is 4.86. The summed E-state index contributed by atoms with van der Waals surface area (Å²) in [6.45, 7) is 0. The fourth-order valence-electron chi connectivity index (χ4n) is 1.67. The third-order valence-corrected chi connectivity index (χ3v) is 2.54. The number of nitrogens with two attached hydrogens (primary N) is 1. The van der Waals surface area contributed by atoms with Crippen molar-refractivity contribution in [3.63, 3.8) is 0 Å². The number of rotatable bonds is 1. The van der Waals surface area contributed by atoms with Gasteiger partial charge >= 0.3 is 6.18 Å². The van der Waals surface area contributed by atoms with Crippen LogP contribution in [0.3, 0.4) is 0 Å². The van der Waals surface area contributed by atoms with Gasteiger partial charge in [0, 0.05) is 11.9 Å². The molecule has 17 heavy (non-hydrogen) atoms. The van der Waals surface area contributed by atoms with Crippen LogP contribution in [0.4, 0.5) is 18.9 Å². The highest BCUT2D eigenvalue weighted by molar-refractivity contribution is 5.72. The van der Waals surface area contributed by atoms with Crippen molar-refractivity contribution in [3.8, 4) is 0 Å². The number of benzene rings is 1. The van der Waals surface area contributed by atoms with Crippen LogP contribution in [0.25, 0.3) is 0 Å². The molecule has 0 aromatic heterocycles. The molecule has 0 saturated carbocycles. The summed E-state index contributed by atoms with van der Waals surface area (Å²) in [7, 11) is 0. The second-order valence-corrected chi connectivity index (χ2v) is 3.68. The first kappa shape index (κ1) is 11.5. The van der Waals surface area contributed by atoms with E-state index in [9.17, 15) is 13.2 Å². The lowest BCUT2D eigenvalue weighted by Gasteiger charge is -2.34. The molecule has 1 heterocycles. The predicted molar refractivity (Wildman–Crippen MR) is 59.4 cm³/mol. The zero-order chi connectivity index (χ0) is 12.5. The molecule has 1 aromatic carbocycles. The average molecular weight is 241 g/mol. The molecule has 0 bridgehead atoms. The van der Waals surface area contributed by atoms with Gasteiger partial charge in [0.25, 0.3) is 0 Å².